The Bertz CT molecular complexity index is 684. The maximum absolute atomic E-state index is 12.7. The van der Waals surface area contributed by atoms with Crippen LogP contribution in [0, 0.1) is 11.3 Å². The summed E-state index contributed by atoms with van der Waals surface area (Å²) in [6, 6.07) is 2.34. The lowest BCUT2D eigenvalue weighted by Crippen LogP contribution is -2.47. The lowest BCUT2D eigenvalue weighted by atomic mass is 9.72. The van der Waals surface area contributed by atoms with Gasteiger partial charge in [-0.1, -0.05) is 20.8 Å². The predicted molar refractivity (Wildman–Crippen MR) is 110 cm³/mol. The molecule has 6 heteroatoms. The summed E-state index contributed by atoms with van der Waals surface area (Å²) in [6.45, 7) is 9.11. The van der Waals surface area contributed by atoms with Crippen molar-refractivity contribution in [2.45, 2.75) is 58.9 Å². The molecule has 0 saturated carbocycles. The Morgan fingerprint density at radius 2 is 1.93 bits per heavy atom. The molecule has 1 aliphatic heterocycles. The van der Waals surface area contributed by atoms with Gasteiger partial charge in [0.25, 0.3) is 5.91 Å². The Labute approximate surface area is 166 Å². The molecule has 1 aromatic rings. The van der Waals surface area contributed by atoms with Gasteiger partial charge in [-0.15, -0.1) is 11.3 Å². The highest BCUT2D eigenvalue weighted by Crippen LogP contribution is 2.40. The number of nitrogens with zero attached hydrogens (tertiary/aromatic N) is 1. The first-order valence-corrected chi connectivity index (χ1v) is 10.9. The fraction of sp³-hybridized carbons (Fsp3) is 0.714. The molecule has 1 saturated heterocycles. The second-order valence-corrected chi connectivity index (χ2v) is 10.2. The molecular formula is C21H33N3O2S. The van der Waals surface area contributed by atoms with Crippen molar-refractivity contribution in [1.29, 1.82) is 0 Å². The quantitative estimate of drug-likeness (QED) is 0.830. The summed E-state index contributed by atoms with van der Waals surface area (Å²) < 4.78 is 0. The fourth-order valence-corrected chi connectivity index (χ4v) is 5.26. The summed E-state index contributed by atoms with van der Waals surface area (Å²) in [6.07, 6.45) is 5.23. The molecule has 1 atom stereocenters. The van der Waals surface area contributed by atoms with Gasteiger partial charge in [-0.3, -0.25) is 14.5 Å². The molecule has 27 heavy (non-hydrogen) atoms. The number of likely N-dealkylation sites (N-methyl/N-ethyl adjacent to an activating group) is 1. The van der Waals surface area contributed by atoms with Crippen LogP contribution >= 0.6 is 11.3 Å². The molecule has 0 bridgehead atoms. The lowest BCUT2D eigenvalue weighted by Gasteiger charge is -2.33. The first kappa shape index (κ1) is 20.3. The van der Waals surface area contributed by atoms with E-state index in [1.165, 1.54) is 16.9 Å². The van der Waals surface area contributed by atoms with Crippen molar-refractivity contribution in [3.05, 3.63) is 21.4 Å². The van der Waals surface area contributed by atoms with Crippen LogP contribution in [0.2, 0.25) is 0 Å². The Morgan fingerprint density at radius 1 is 1.22 bits per heavy atom. The molecule has 0 aromatic carbocycles. The summed E-state index contributed by atoms with van der Waals surface area (Å²) in [5.41, 5.74) is 1.71. The molecule has 1 aliphatic carbocycles. The van der Waals surface area contributed by atoms with Gasteiger partial charge in [0.2, 0.25) is 5.91 Å². The zero-order chi connectivity index (χ0) is 19.6. The van der Waals surface area contributed by atoms with Crippen molar-refractivity contribution < 1.29 is 9.59 Å². The maximum Gasteiger partial charge on any atom is 0.261 e. The van der Waals surface area contributed by atoms with Crippen LogP contribution in [0.4, 0.5) is 0 Å². The minimum atomic E-state index is 0.0511. The molecule has 0 radical (unpaired) electrons. The SMILES string of the molecule is CNC(=O)CN1CCC(NC(=O)c2cc3c(s2)CCC(C(C)(C)C)C3)CC1. The monoisotopic (exact) mass is 391 g/mol. The van der Waals surface area contributed by atoms with Gasteiger partial charge in [0.05, 0.1) is 11.4 Å². The van der Waals surface area contributed by atoms with E-state index in [1.807, 2.05) is 0 Å². The molecule has 2 N–H and O–H groups in total. The zero-order valence-corrected chi connectivity index (χ0v) is 17.9. The molecular weight excluding hydrogens is 358 g/mol. The van der Waals surface area contributed by atoms with Crippen LogP contribution in [0.5, 0.6) is 0 Å². The van der Waals surface area contributed by atoms with E-state index in [0.717, 1.165) is 43.6 Å². The summed E-state index contributed by atoms with van der Waals surface area (Å²) in [5.74, 6) is 0.821. The zero-order valence-electron chi connectivity index (χ0n) is 17.1. The average molecular weight is 392 g/mol. The van der Waals surface area contributed by atoms with Crippen LogP contribution in [0.25, 0.3) is 0 Å². The van der Waals surface area contributed by atoms with Gasteiger partial charge < -0.3 is 10.6 Å². The number of carbonyl (C=O) groups is 2. The molecule has 1 unspecified atom stereocenters. The van der Waals surface area contributed by atoms with Crippen molar-refractivity contribution in [1.82, 2.24) is 15.5 Å². The number of amides is 2. The molecule has 3 rings (SSSR count). The first-order chi connectivity index (χ1) is 12.8. The Hall–Kier alpha value is -1.40. The third kappa shape index (κ3) is 5.11. The lowest BCUT2D eigenvalue weighted by molar-refractivity contribution is -0.122. The number of carbonyl (C=O) groups excluding carboxylic acids is 2. The van der Waals surface area contributed by atoms with Crippen LogP contribution in [0.1, 0.15) is 60.1 Å². The Kier molecular flexibility index (Phi) is 6.26. The predicted octanol–water partition coefficient (Wildman–Crippen LogP) is 2.84. The van der Waals surface area contributed by atoms with Gasteiger partial charge in [-0.2, -0.15) is 0 Å². The van der Waals surface area contributed by atoms with Gasteiger partial charge in [-0.25, -0.2) is 0 Å². The second kappa shape index (κ2) is 8.31. The number of aryl methyl sites for hydroxylation is 1. The summed E-state index contributed by atoms with van der Waals surface area (Å²) >= 11 is 1.68. The fourth-order valence-electron chi connectivity index (χ4n) is 4.15. The first-order valence-electron chi connectivity index (χ1n) is 10.1. The smallest absolute Gasteiger partial charge is 0.261 e. The average Bonchev–Trinajstić information content (AvgIpc) is 3.06. The van der Waals surface area contributed by atoms with E-state index in [0.29, 0.717) is 17.9 Å². The van der Waals surface area contributed by atoms with E-state index in [2.05, 4.69) is 42.4 Å². The van der Waals surface area contributed by atoms with Crippen LogP contribution in [-0.2, 0) is 17.6 Å². The van der Waals surface area contributed by atoms with E-state index in [9.17, 15) is 9.59 Å². The molecule has 2 heterocycles. The van der Waals surface area contributed by atoms with E-state index in [4.69, 9.17) is 0 Å². The highest BCUT2D eigenvalue weighted by atomic mass is 32.1. The summed E-state index contributed by atoms with van der Waals surface area (Å²) in [7, 11) is 1.67. The largest absolute Gasteiger partial charge is 0.358 e. The number of nitrogens with one attached hydrogen (secondary N) is 2. The maximum atomic E-state index is 12.7. The molecule has 150 valence electrons. The van der Waals surface area contributed by atoms with Crippen LogP contribution in [0.15, 0.2) is 6.07 Å². The van der Waals surface area contributed by atoms with Crippen LogP contribution in [-0.4, -0.2) is 49.4 Å². The molecule has 2 amide bonds. The molecule has 1 aromatic heterocycles. The van der Waals surface area contributed by atoms with E-state index in [1.54, 1.807) is 18.4 Å². The molecule has 5 nitrogen and oxygen atoms in total. The van der Waals surface area contributed by atoms with Crippen molar-refractivity contribution in [2.24, 2.45) is 11.3 Å². The highest BCUT2D eigenvalue weighted by Gasteiger charge is 2.31. The molecule has 1 fully saturated rings. The summed E-state index contributed by atoms with van der Waals surface area (Å²) in [5, 5.41) is 5.88. The second-order valence-electron chi connectivity index (χ2n) is 9.06. The van der Waals surface area contributed by atoms with Gasteiger partial charge in [0, 0.05) is 31.1 Å². The Balaban J connectivity index is 1.53. The van der Waals surface area contributed by atoms with E-state index < -0.39 is 0 Å². The van der Waals surface area contributed by atoms with E-state index >= 15 is 0 Å². The van der Waals surface area contributed by atoms with Crippen molar-refractivity contribution >= 4 is 23.2 Å². The standard InChI is InChI=1S/C21H33N3O2S/c1-21(2,3)15-5-6-17-14(11-15)12-18(27-17)20(26)23-16-7-9-24(10-8-16)13-19(25)22-4/h12,15-16H,5-11,13H2,1-4H3,(H,22,25)(H,23,26). The highest BCUT2D eigenvalue weighted by molar-refractivity contribution is 7.14. The topological polar surface area (TPSA) is 61.4 Å². The van der Waals surface area contributed by atoms with Gasteiger partial charge in [0.1, 0.15) is 0 Å². The summed E-state index contributed by atoms with van der Waals surface area (Å²) in [4.78, 5) is 28.6. The van der Waals surface area contributed by atoms with Crippen molar-refractivity contribution in [2.75, 3.05) is 26.7 Å². The number of hydrogen-bond acceptors (Lipinski definition) is 4. The number of fused-ring (bicyclic) bond motifs is 1. The minimum absolute atomic E-state index is 0.0511. The number of likely N-dealkylation sites (tertiary alicyclic amines) is 1. The van der Waals surface area contributed by atoms with Crippen LogP contribution < -0.4 is 10.6 Å². The van der Waals surface area contributed by atoms with Crippen molar-refractivity contribution in [3.8, 4) is 0 Å². The van der Waals surface area contributed by atoms with E-state index in [-0.39, 0.29) is 17.9 Å². The Morgan fingerprint density at radius 3 is 2.56 bits per heavy atom. The molecule has 0 spiro atoms. The number of thiophene rings is 1. The number of hydrogen-bond donors (Lipinski definition) is 2. The molecule has 2 aliphatic rings. The van der Waals surface area contributed by atoms with Gasteiger partial charge in [0.15, 0.2) is 0 Å². The van der Waals surface area contributed by atoms with Gasteiger partial charge in [-0.05, 0) is 55.1 Å². The third-order valence-corrected chi connectivity index (χ3v) is 7.34. The van der Waals surface area contributed by atoms with Gasteiger partial charge >= 0.3 is 0 Å². The minimum Gasteiger partial charge on any atom is -0.358 e. The normalized spacial score (nSPS) is 21.6. The number of rotatable bonds is 4. The third-order valence-electron chi connectivity index (χ3n) is 6.10. The van der Waals surface area contributed by atoms with Crippen molar-refractivity contribution in [3.63, 3.8) is 0 Å². The van der Waals surface area contributed by atoms with Crippen LogP contribution in [0.3, 0.4) is 0 Å². The number of piperidine rings is 1.